The summed E-state index contributed by atoms with van der Waals surface area (Å²) in [6, 6.07) is 14.8. The van der Waals surface area contributed by atoms with E-state index in [2.05, 4.69) is 82.9 Å². The van der Waals surface area contributed by atoms with E-state index in [1.165, 1.54) is 34.0 Å². The molecule has 1 amide bonds. The largest absolute Gasteiger partial charge is 0.378 e. The molecule has 0 unspecified atom stereocenters. The Bertz CT molecular complexity index is 1140. The van der Waals surface area contributed by atoms with E-state index in [1.807, 2.05) is 7.05 Å². The number of thioether (sulfide) groups is 1. The van der Waals surface area contributed by atoms with Gasteiger partial charge in [-0.15, -0.1) is 10.2 Å². The van der Waals surface area contributed by atoms with Crippen LogP contribution in [0.5, 0.6) is 0 Å². The normalized spacial score (nSPS) is 13.8. The highest BCUT2D eigenvalue weighted by molar-refractivity contribution is 7.99. The average molecular weight is 480 g/mol. The van der Waals surface area contributed by atoms with Gasteiger partial charge in [-0.25, -0.2) is 0 Å². The minimum Gasteiger partial charge on any atom is -0.378 e. The lowest BCUT2D eigenvalue weighted by Gasteiger charge is -2.28. The maximum Gasteiger partial charge on any atom is 0.233 e. The van der Waals surface area contributed by atoms with Crippen LogP contribution in [0, 0.1) is 13.8 Å². The second-order valence-electron chi connectivity index (χ2n) is 8.71. The molecule has 1 aromatic heterocycles. The monoisotopic (exact) mass is 479 g/mol. The Kier molecular flexibility index (Phi) is 7.90. The standard InChI is InChI=1S/C26H33N5O2S/c1-5-21-7-6-8-23(16-21)31-25(30-11-13-33-14-12-30)27-28-26(31)34-18-24(32)29(4)17-22-10-9-19(2)15-20(22)3/h6-10,15-16H,5,11-14,17-18H2,1-4H3. The van der Waals surface area contributed by atoms with Gasteiger partial charge in [0, 0.05) is 26.7 Å². The van der Waals surface area contributed by atoms with E-state index >= 15 is 0 Å². The molecule has 0 spiro atoms. The number of hydrogen-bond donors (Lipinski definition) is 0. The Labute approximate surface area is 206 Å². The molecule has 8 heteroatoms. The molecule has 7 nitrogen and oxygen atoms in total. The summed E-state index contributed by atoms with van der Waals surface area (Å²) in [6.45, 7) is 9.80. The van der Waals surface area contributed by atoms with Gasteiger partial charge in [0.25, 0.3) is 0 Å². The Morgan fingerprint density at radius 2 is 1.91 bits per heavy atom. The average Bonchev–Trinajstić information content (AvgIpc) is 3.28. The topological polar surface area (TPSA) is 63.5 Å². The molecule has 1 aliphatic rings. The van der Waals surface area contributed by atoms with Crippen molar-refractivity contribution in [2.45, 2.75) is 38.9 Å². The number of carbonyl (C=O) groups is 1. The zero-order chi connectivity index (χ0) is 24.1. The molecule has 0 saturated carbocycles. The molecule has 2 aromatic carbocycles. The second-order valence-corrected chi connectivity index (χ2v) is 9.65. The van der Waals surface area contributed by atoms with E-state index < -0.39 is 0 Å². The molecule has 180 valence electrons. The number of aromatic nitrogens is 3. The molecule has 0 bridgehead atoms. The van der Waals surface area contributed by atoms with Gasteiger partial charge in [-0.05, 0) is 49.1 Å². The number of carbonyl (C=O) groups excluding carboxylic acids is 1. The number of morpholine rings is 1. The molecule has 2 heterocycles. The first-order chi connectivity index (χ1) is 16.5. The van der Waals surface area contributed by atoms with Gasteiger partial charge >= 0.3 is 0 Å². The van der Waals surface area contributed by atoms with Crippen LogP contribution in [0.4, 0.5) is 5.95 Å². The Balaban J connectivity index is 1.52. The molecule has 0 radical (unpaired) electrons. The predicted octanol–water partition coefficient (Wildman–Crippen LogP) is 4.03. The van der Waals surface area contributed by atoms with E-state index in [-0.39, 0.29) is 5.91 Å². The van der Waals surface area contributed by atoms with E-state index in [9.17, 15) is 4.79 Å². The van der Waals surface area contributed by atoms with Crippen molar-refractivity contribution in [1.29, 1.82) is 0 Å². The van der Waals surface area contributed by atoms with Gasteiger partial charge in [0.2, 0.25) is 11.9 Å². The van der Waals surface area contributed by atoms with Crippen LogP contribution >= 0.6 is 11.8 Å². The summed E-state index contributed by atoms with van der Waals surface area (Å²) >= 11 is 1.43. The number of anilines is 1. The van der Waals surface area contributed by atoms with Crippen LogP contribution in [-0.4, -0.2) is 64.7 Å². The molecule has 0 atom stereocenters. The Hall–Kier alpha value is -2.84. The van der Waals surface area contributed by atoms with Crippen molar-refractivity contribution in [1.82, 2.24) is 19.7 Å². The van der Waals surface area contributed by atoms with E-state index in [0.717, 1.165) is 36.3 Å². The van der Waals surface area contributed by atoms with Crippen molar-refractivity contribution in [3.05, 3.63) is 64.7 Å². The summed E-state index contributed by atoms with van der Waals surface area (Å²) in [5, 5.41) is 9.73. The molecule has 1 saturated heterocycles. The van der Waals surface area contributed by atoms with E-state index in [1.54, 1.807) is 4.90 Å². The first-order valence-corrected chi connectivity index (χ1v) is 12.7. The number of aryl methyl sites for hydroxylation is 3. The van der Waals surface area contributed by atoms with Crippen LogP contribution < -0.4 is 4.90 Å². The van der Waals surface area contributed by atoms with Crippen molar-refractivity contribution in [2.24, 2.45) is 0 Å². The summed E-state index contributed by atoms with van der Waals surface area (Å²) in [5.74, 6) is 1.17. The van der Waals surface area contributed by atoms with Crippen molar-refractivity contribution in [2.75, 3.05) is 44.0 Å². The number of ether oxygens (including phenoxy) is 1. The zero-order valence-corrected chi connectivity index (χ0v) is 21.3. The molecule has 4 rings (SSSR count). The summed E-state index contributed by atoms with van der Waals surface area (Å²) in [4.78, 5) is 17.0. The van der Waals surface area contributed by atoms with Gasteiger partial charge in [0.15, 0.2) is 5.16 Å². The molecule has 3 aromatic rings. The third-order valence-electron chi connectivity index (χ3n) is 6.14. The van der Waals surface area contributed by atoms with Gasteiger partial charge in [-0.2, -0.15) is 0 Å². The zero-order valence-electron chi connectivity index (χ0n) is 20.5. The maximum absolute atomic E-state index is 13.0. The fraction of sp³-hybridized carbons (Fsp3) is 0.423. The van der Waals surface area contributed by atoms with Crippen LogP contribution in [0.3, 0.4) is 0 Å². The molecule has 0 N–H and O–H groups in total. The van der Waals surface area contributed by atoms with Crippen molar-refractivity contribution < 1.29 is 9.53 Å². The van der Waals surface area contributed by atoms with Gasteiger partial charge in [-0.1, -0.05) is 54.6 Å². The van der Waals surface area contributed by atoms with Gasteiger partial charge in [0.1, 0.15) is 0 Å². The first kappa shape index (κ1) is 24.3. The fourth-order valence-corrected chi connectivity index (χ4v) is 4.96. The lowest BCUT2D eigenvalue weighted by molar-refractivity contribution is -0.127. The van der Waals surface area contributed by atoms with Crippen LogP contribution in [0.15, 0.2) is 47.6 Å². The third-order valence-corrected chi connectivity index (χ3v) is 7.06. The molecule has 1 aliphatic heterocycles. The van der Waals surface area contributed by atoms with Crippen LogP contribution in [0.25, 0.3) is 5.69 Å². The lowest BCUT2D eigenvalue weighted by Crippen LogP contribution is -2.37. The minimum atomic E-state index is 0.0646. The molecular weight excluding hydrogens is 446 g/mol. The Morgan fingerprint density at radius 3 is 2.65 bits per heavy atom. The number of benzene rings is 2. The Morgan fingerprint density at radius 1 is 1.12 bits per heavy atom. The van der Waals surface area contributed by atoms with Crippen molar-refractivity contribution >= 4 is 23.6 Å². The number of rotatable bonds is 8. The van der Waals surface area contributed by atoms with Crippen LogP contribution in [-0.2, 0) is 22.5 Å². The maximum atomic E-state index is 13.0. The third kappa shape index (κ3) is 5.62. The SMILES string of the molecule is CCc1cccc(-n2c(SCC(=O)N(C)Cc3ccc(C)cc3C)nnc2N2CCOCC2)c1. The fourth-order valence-electron chi connectivity index (χ4n) is 4.07. The highest BCUT2D eigenvalue weighted by Crippen LogP contribution is 2.28. The van der Waals surface area contributed by atoms with Gasteiger partial charge < -0.3 is 14.5 Å². The van der Waals surface area contributed by atoms with E-state index in [0.29, 0.717) is 25.5 Å². The second kappa shape index (κ2) is 11.1. The number of amides is 1. The van der Waals surface area contributed by atoms with Crippen LogP contribution in [0.1, 0.15) is 29.2 Å². The van der Waals surface area contributed by atoms with Crippen molar-refractivity contribution in [3.63, 3.8) is 0 Å². The predicted molar refractivity (Wildman–Crippen MR) is 137 cm³/mol. The van der Waals surface area contributed by atoms with Crippen molar-refractivity contribution in [3.8, 4) is 5.69 Å². The highest BCUT2D eigenvalue weighted by atomic mass is 32.2. The minimum absolute atomic E-state index is 0.0646. The summed E-state index contributed by atoms with van der Waals surface area (Å²) in [5.41, 5.74) is 5.87. The molecule has 34 heavy (non-hydrogen) atoms. The van der Waals surface area contributed by atoms with Crippen LogP contribution in [0.2, 0.25) is 0 Å². The molecular formula is C26H33N5O2S. The quantitative estimate of drug-likeness (QED) is 0.455. The summed E-state index contributed by atoms with van der Waals surface area (Å²) in [7, 11) is 1.86. The number of nitrogens with zero attached hydrogens (tertiary/aromatic N) is 5. The number of hydrogen-bond acceptors (Lipinski definition) is 6. The van der Waals surface area contributed by atoms with Gasteiger partial charge in [0.05, 0.1) is 24.7 Å². The van der Waals surface area contributed by atoms with Gasteiger partial charge in [-0.3, -0.25) is 9.36 Å². The lowest BCUT2D eigenvalue weighted by atomic mass is 10.1. The van der Waals surface area contributed by atoms with E-state index in [4.69, 9.17) is 4.74 Å². The molecule has 1 fully saturated rings. The summed E-state index contributed by atoms with van der Waals surface area (Å²) < 4.78 is 7.60. The summed E-state index contributed by atoms with van der Waals surface area (Å²) in [6.07, 6.45) is 0.951. The first-order valence-electron chi connectivity index (χ1n) is 11.8. The molecule has 0 aliphatic carbocycles. The highest BCUT2D eigenvalue weighted by Gasteiger charge is 2.23. The smallest absolute Gasteiger partial charge is 0.233 e.